The van der Waals surface area contributed by atoms with Gasteiger partial charge in [0.15, 0.2) is 0 Å². The van der Waals surface area contributed by atoms with Gasteiger partial charge in [-0.2, -0.15) is 0 Å². The monoisotopic (exact) mass is 226 g/mol. The molecule has 0 bridgehead atoms. The molecule has 1 fully saturated rings. The molecule has 94 valence electrons. The molecule has 1 aliphatic heterocycles. The van der Waals surface area contributed by atoms with E-state index in [0.29, 0.717) is 12.1 Å². The van der Waals surface area contributed by atoms with Gasteiger partial charge in [0.05, 0.1) is 0 Å². The van der Waals surface area contributed by atoms with Crippen molar-refractivity contribution in [1.82, 2.24) is 10.6 Å². The van der Waals surface area contributed by atoms with Crippen molar-refractivity contribution in [2.45, 2.75) is 59.5 Å². The molecule has 1 rings (SSSR count). The number of hydrogen-bond acceptors (Lipinski definition) is 2. The van der Waals surface area contributed by atoms with Crippen LogP contribution in [0.5, 0.6) is 0 Å². The Labute approximate surface area is 99.4 Å². The van der Waals surface area contributed by atoms with Gasteiger partial charge in [0, 0.05) is 18.0 Å². The molecule has 0 radical (unpaired) electrons. The number of carbonyl (C=O) groups is 1. The first-order valence-electron chi connectivity index (χ1n) is 6.34. The van der Waals surface area contributed by atoms with Crippen molar-refractivity contribution in [3.8, 4) is 0 Å². The zero-order valence-corrected chi connectivity index (χ0v) is 11.3. The van der Waals surface area contributed by atoms with Crippen molar-refractivity contribution in [1.29, 1.82) is 0 Å². The van der Waals surface area contributed by atoms with Crippen LogP contribution in [0, 0.1) is 11.3 Å². The van der Waals surface area contributed by atoms with Crippen molar-refractivity contribution in [3.63, 3.8) is 0 Å². The van der Waals surface area contributed by atoms with Crippen molar-refractivity contribution < 1.29 is 4.79 Å². The van der Waals surface area contributed by atoms with Gasteiger partial charge in [-0.1, -0.05) is 27.7 Å². The maximum absolute atomic E-state index is 12.0. The van der Waals surface area contributed by atoms with E-state index < -0.39 is 0 Å². The molecule has 1 aliphatic rings. The lowest BCUT2D eigenvalue weighted by Gasteiger charge is -2.32. The van der Waals surface area contributed by atoms with Gasteiger partial charge >= 0.3 is 0 Å². The second-order valence-electron chi connectivity index (χ2n) is 6.17. The summed E-state index contributed by atoms with van der Waals surface area (Å²) in [5.74, 6) is 0.268. The molecular weight excluding hydrogens is 200 g/mol. The zero-order valence-electron chi connectivity index (χ0n) is 11.3. The third kappa shape index (κ3) is 3.78. The Kier molecular flexibility index (Phi) is 4.36. The van der Waals surface area contributed by atoms with Crippen LogP contribution in [0.15, 0.2) is 0 Å². The van der Waals surface area contributed by atoms with Crippen molar-refractivity contribution in [2.24, 2.45) is 11.3 Å². The summed E-state index contributed by atoms with van der Waals surface area (Å²) in [6.45, 7) is 11.5. The van der Waals surface area contributed by atoms with E-state index in [1.54, 1.807) is 0 Å². The summed E-state index contributed by atoms with van der Waals surface area (Å²) >= 11 is 0. The fourth-order valence-electron chi connectivity index (χ4n) is 1.98. The van der Waals surface area contributed by atoms with Gasteiger partial charge < -0.3 is 10.6 Å². The lowest BCUT2D eigenvalue weighted by Crippen LogP contribution is -2.49. The Bertz CT molecular complexity index is 245. The molecule has 0 aliphatic carbocycles. The second kappa shape index (κ2) is 5.17. The summed E-state index contributed by atoms with van der Waals surface area (Å²) in [7, 11) is 0. The summed E-state index contributed by atoms with van der Waals surface area (Å²) in [5, 5.41) is 6.57. The Morgan fingerprint density at radius 1 is 1.44 bits per heavy atom. The lowest BCUT2D eigenvalue weighted by atomic mass is 9.81. The molecule has 3 unspecified atom stereocenters. The second-order valence-corrected chi connectivity index (χ2v) is 6.17. The predicted octanol–water partition coefficient (Wildman–Crippen LogP) is 1.93. The number of carbonyl (C=O) groups excluding carboxylic acids is 1. The normalized spacial score (nSPS) is 28.6. The molecule has 1 amide bonds. The highest BCUT2D eigenvalue weighted by atomic mass is 16.1. The summed E-state index contributed by atoms with van der Waals surface area (Å²) in [6.07, 6.45) is 2.09. The van der Waals surface area contributed by atoms with Gasteiger partial charge in [0.25, 0.3) is 0 Å². The van der Waals surface area contributed by atoms with E-state index in [-0.39, 0.29) is 17.2 Å². The minimum atomic E-state index is 0.0443. The molecule has 1 heterocycles. The van der Waals surface area contributed by atoms with Gasteiger partial charge in [-0.3, -0.25) is 4.79 Å². The van der Waals surface area contributed by atoms with Crippen molar-refractivity contribution in [2.75, 3.05) is 6.54 Å². The Morgan fingerprint density at radius 2 is 2.06 bits per heavy atom. The van der Waals surface area contributed by atoms with Gasteiger partial charge in [0.1, 0.15) is 0 Å². The quantitative estimate of drug-likeness (QED) is 0.755. The first-order chi connectivity index (χ1) is 7.30. The van der Waals surface area contributed by atoms with Crippen LogP contribution in [-0.4, -0.2) is 24.5 Å². The Hall–Kier alpha value is -0.570. The van der Waals surface area contributed by atoms with E-state index in [0.717, 1.165) is 19.4 Å². The first kappa shape index (κ1) is 13.5. The summed E-state index contributed by atoms with van der Waals surface area (Å²) in [6, 6.07) is 0.873. The minimum absolute atomic E-state index is 0.0443. The predicted molar refractivity (Wildman–Crippen MR) is 67.2 cm³/mol. The van der Waals surface area contributed by atoms with Gasteiger partial charge in [-0.05, 0) is 31.7 Å². The molecule has 0 saturated carbocycles. The van der Waals surface area contributed by atoms with E-state index in [1.165, 1.54) is 0 Å². The maximum Gasteiger partial charge on any atom is 0.223 e. The lowest BCUT2D eigenvalue weighted by molar-refractivity contribution is -0.128. The minimum Gasteiger partial charge on any atom is -0.353 e. The van der Waals surface area contributed by atoms with Crippen LogP contribution in [-0.2, 0) is 4.79 Å². The van der Waals surface area contributed by atoms with Crippen LogP contribution in [0.3, 0.4) is 0 Å². The van der Waals surface area contributed by atoms with Crippen LogP contribution < -0.4 is 10.6 Å². The molecule has 1 saturated heterocycles. The van der Waals surface area contributed by atoms with Crippen LogP contribution in [0.4, 0.5) is 0 Å². The van der Waals surface area contributed by atoms with E-state index in [2.05, 4.69) is 38.3 Å². The van der Waals surface area contributed by atoms with Crippen LogP contribution in [0.25, 0.3) is 0 Å². The third-order valence-electron chi connectivity index (χ3n) is 3.66. The molecule has 0 aromatic carbocycles. The largest absolute Gasteiger partial charge is 0.353 e. The van der Waals surface area contributed by atoms with Crippen LogP contribution in [0.1, 0.15) is 47.5 Å². The number of nitrogens with one attached hydrogen (secondary N) is 2. The maximum atomic E-state index is 12.0. The smallest absolute Gasteiger partial charge is 0.223 e. The van der Waals surface area contributed by atoms with Crippen molar-refractivity contribution in [3.05, 3.63) is 0 Å². The first-order valence-corrected chi connectivity index (χ1v) is 6.34. The number of hydrogen-bond donors (Lipinski definition) is 2. The fraction of sp³-hybridized carbons (Fsp3) is 0.923. The van der Waals surface area contributed by atoms with E-state index in [9.17, 15) is 4.79 Å². The summed E-state index contributed by atoms with van der Waals surface area (Å²) in [5.41, 5.74) is 0.0443. The number of amides is 1. The van der Waals surface area contributed by atoms with Gasteiger partial charge in [-0.25, -0.2) is 0 Å². The highest BCUT2D eigenvalue weighted by molar-refractivity contribution is 5.79. The van der Waals surface area contributed by atoms with Crippen LogP contribution >= 0.6 is 0 Å². The average molecular weight is 226 g/mol. The molecule has 3 nitrogen and oxygen atoms in total. The topological polar surface area (TPSA) is 41.1 Å². The molecule has 3 atom stereocenters. The SMILES string of the molecule is CC1CC(NC(=O)C(C)C(C)(C)C)CCN1. The molecular formula is C13H26N2O. The molecule has 2 N–H and O–H groups in total. The van der Waals surface area contributed by atoms with Crippen LogP contribution in [0.2, 0.25) is 0 Å². The molecule has 0 aromatic rings. The van der Waals surface area contributed by atoms with Gasteiger partial charge in [0.2, 0.25) is 5.91 Å². The zero-order chi connectivity index (χ0) is 12.3. The van der Waals surface area contributed by atoms with Gasteiger partial charge in [-0.15, -0.1) is 0 Å². The standard InChI is InChI=1S/C13H26N2O/c1-9-8-11(6-7-14-9)15-12(16)10(2)13(3,4)5/h9-11,14H,6-8H2,1-5H3,(H,15,16). The molecule has 0 spiro atoms. The van der Waals surface area contributed by atoms with E-state index in [1.807, 2.05) is 6.92 Å². The Morgan fingerprint density at radius 3 is 2.56 bits per heavy atom. The Balaban J connectivity index is 2.45. The number of rotatable bonds is 2. The molecule has 0 aromatic heterocycles. The fourth-order valence-corrected chi connectivity index (χ4v) is 1.98. The van der Waals surface area contributed by atoms with E-state index >= 15 is 0 Å². The third-order valence-corrected chi connectivity index (χ3v) is 3.66. The summed E-state index contributed by atoms with van der Waals surface area (Å²) in [4.78, 5) is 12.0. The number of piperidine rings is 1. The highest BCUT2D eigenvalue weighted by Crippen LogP contribution is 2.25. The average Bonchev–Trinajstić information content (AvgIpc) is 2.15. The summed E-state index contributed by atoms with van der Waals surface area (Å²) < 4.78 is 0. The molecule has 3 heteroatoms. The van der Waals surface area contributed by atoms with E-state index in [4.69, 9.17) is 0 Å². The molecule has 16 heavy (non-hydrogen) atoms. The van der Waals surface area contributed by atoms with Crippen molar-refractivity contribution >= 4 is 5.91 Å². The highest BCUT2D eigenvalue weighted by Gasteiger charge is 2.29.